The molecule has 0 aromatic heterocycles. The highest BCUT2D eigenvalue weighted by Crippen LogP contribution is 2.25. The van der Waals surface area contributed by atoms with E-state index in [4.69, 9.17) is 0 Å². The molecule has 2 rings (SSSR count). The van der Waals surface area contributed by atoms with Crippen molar-refractivity contribution in [1.29, 1.82) is 0 Å². The number of rotatable bonds is 6. The summed E-state index contributed by atoms with van der Waals surface area (Å²) in [6, 6.07) is 13.5. The van der Waals surface area contributed by atoms with Crippen molar-refractivity contribution < 1.29 is 18.9 Å². The number of amides is 1. The zero-order chi connectivity index (χ0) is 18.6. The average Bonchev–Trinajstić information content (AvgIpc) is 2.61. The SMILES string of the molecule is CCS(=O)c1ccccc1C(=O)Nc1ccc(C(C)(C)C(=O)O)cc1. The van der Waals surface area contributed by atoms with Gasteiger partial charge >= 0.3 is 5.97 Å². The van der Waals surface area contributed by atoms with Crippen molar-refractivity contribution in [2.24, 2.45) is 0 Å². The molecule has 2 N–H and O–H groups in total. The third-order valence-electron chi connectivity index (χ3n) is 4.04. The number of carbonyl (C=O) groups excluding carboxylic acids is 1. The molecule has 0 aliphatic heterocycles. The molecule has 1 unspecified atom stereocenters. The Morgan fingerprint density at radius 3 is 2.24 bits per heavy atom. The highest BCUT2D eigenvalue weighted by molar-refractivity contribution is 7.85. The van der Waals surface area contributed by atoms with Gasteiger partial charge in [-0.05, 0) is 43.7 Å². The first-order valence-corrected chi connectivity index (χ1v) is 9.22. The highest BCUT2D eigenvalue weighted by Gasteiger charge is 2.29. The first kappa shape index (κ1) is 18.9. The standard InChI is InChI=1S/C19H21NO4S/c1-4-25(24)16-8-6-5-7-15(16)17(21)20-14-11-9-13(10-12-14)19(2,3)18(22)23/h5-12H,4H2,1-3H3,(H,20,21)(H,22,23). The molecule has 25 heavy (non-hydrogen) atoms. The number of hydrogen-bond donors (Lipinski definition) is 2. The Morgan fingerprint density at radius 2 is 1.68 bits per heavy atom. The molecular weight excluding hydrogens is 338 g/mol. The molecule has 0 aliphatic rings. The maximum atomic E-state index is 12.5. The minimum absolute atomic E-state index is 0.345. The fourth-order valence-electron chi connectivity index (χ4n) is 2.30. The van der Waals surface area contributed by atoms with E-state index >= 15 is 0 Å². The third kappa shape index (κ3) is 4.14. The van der Waals surface area contributed by atoms with Crippen molar-refractivity contribution in [1.82, 2.24) is 0 Å². The van der Waals surface area contributed by atoms with Crippen LogP contribution in [0.1, 0.15) is 36.7 Å². The van der Waals surface area contributed by atoms with E-state index in [1.54, 1.807) is 69.3 Å². The lowest BCUT2D eigenvalue weighted by atomic mass is 9.85. The number of anilines is 1. The van der Waals surface area contributed by atoms with Gasteiger partial charge in [0.25, 0.3) is 5.91 Å². The Hall–Kier alpha value is -2.47. The first-order valence-electron chi connectivity index (χ1n) is 7.90. The normalized spacial score (nSPS) is 12.4. The second kappa shape index (κ2) is 7.61. The van der Waals surface area contributed by atoms with Crippen molar-refractivity contribution in [2.45, 2.75) is 31.1 Å². The Balaban J connectivity index is 2.22. The van der Waals surface area contributed by atoms with Crippen LogP contribution in [0.5, 0.6) is 0 Å². The van der Waals surface area contributed by atoms with Crippen molar-refractivity contribution >= 4 is 28.4 Å². The van der Waals surface area contributed by atoms with Gasteiger partial charge < -0.3 is 10.4 Å². The number of carboxylic acid groups (broad SMARTS) is 1. The molecule has 0 radical (unpaired) electrons. The lowest BCUT2D eigenvalue weighted by Crippen LogP contribution is -2.28. The Bertz CT molecular complexity index is 812. The Labute approximate surface area is 149 Å². The van der Waals surface area contributed by atoms with E-state index in [0.29, 0.717) is 27.5 Å². The quantitative estimate of drug-likeness (QED) is 0.828. The van der Waals surface area contributed by atoms with Gasteiger partial charge in [-0.15, -0.1) is 0 Å². The number of benzene rings is 2. The second-order valence-electron chi connectivity index (χ2n) is 6.09. The van der Waals surface area contributed by atoms with Crippen molar-refractivity contribution in [2.75, 3.05) is 11.1 Å². The lowest BCUT2D eigenvalue weighted by Gasteiger charge is -2.20. The van der Waals surface area contributed by atoms with E-state index in [9.17, 15) is 18.9 Å². The molecule has 132 valence electrons. The van der Waals surface area contributed by atoms with Crippen LogP contribution < -0.4 is 5.32 Å². The number of hydrogen-bond acceptors (Lipinski definition) is 3. The molecule has 0 saturated carbocycles. The maximum absolute atomic E-state index is 12.5. The van der Waals surface area contributed by atoms with E-state index in [2.05, 4.69) is 5.32 Å². The van der Waals surface area contributed by atoms with Crippen molar-refractivity contribution in [3.05, 3.63) is 59.7 Å². The van der Waals surface area contributed by atoms with Gasteiger partial charge in [0.2, 0.25) is 0 Å². The monoisotopic (exact) mass is 359 g/mol. The molecule has 0 bridgehead atoms. The molecule has 2 aromatic rings. The zero-order valence-electron chi connectivity index (χ0n) is 14.4. The summed E-state index contributed by atoms with van der Waals surface area (Å²) in [5, 5.41) is 12.0. The molecule has 1 atom stereocenters. The van der Waals surface area contributed by atoms with Crippen molar-refractivity contribution in [3.63, 3.8) is 0 Å². The molecule has 6 heteroatoms. The van der Waals surface area contributed by atoms with Gasteiger partial charge in [-0.2, -0.15) is 0 Å². The summed E-state index contributed by atoms with van der Waals surface area (Å²) in [4.78, 5) is 24.3. The van der Waals surface area contributed by atoms with E-state index in [1.165, 1.54) is 0 Å². The summed E-state index contributed by atoms with van der Waals surface area (Å²) in [6.45, 7) is 5.05. The summed E-state index contributed by atoms with van der Waals surface area (Å²) < 4.78 is 12.1. The van der Waals surface area contributed by atoms with Crippen LogP contribution in [-0.2, 0) is 21.0 Å². The summed E-state index contributed by atoms with van der Waals surface area (Å²) in [5.74, 6) is -0.827. The smallest absolute Gasteiger partial charge is 0.313 e. The molecule has 0 aliphatic carbocycles. The Morgan fingerprint density at radius 1 is 1.08 bits per heavy atom. The maximum Gasteiger partial charge on any atom is 0.313 e. The predicted molar refractivity (Wildman–Crippen MR) is 98.4 cm³/mol. The number of carboxylic acids is 1. The Kier molecular flexibility index (Phi) is 5.74. The first-order chi connectivity index (χ1) is 11.8. The second-order valence-corrected chi connectivity index (χ2v) is 7.80. The van der Waals surface area contributed by atoms with Crippen LogP contribution in [0.15, 0.2) is 53.4 Å². The van der Waals surface area contributed by atoms with Crippen LogP contribution in [0.25, 0.3) is 0 Å². The van der Waals surface area contributed by atoms with Crippen LogP contribution in [-0.4, -0.2) is 26.9 Å². The summed E-state index contributed by atoms with van der Waals surface area (Å²) in [7, 11) is -1.23. The number of carbonyl (C=O) groups is 2. The lowest BCUT2D eigenvalue weighted by molar-refractivity contribution is -0.142. The third-order valence-corrected chi connectivity index (χ3v) is 5.41. The van der Waals surface area contributed by atoms with Gasteiger partial charge in [0, 0.05) is 11.4 Å². The molecule has 2 aromatic carbocycles. The average molecular weight is 359 g/mol. The van der Waals surface area contributed by atoms with Crippen molar-refractivity contribution in [3.8, 4) is 0 Å². The molecular formula is C19H21NO4S. The van der Waals surface area contributed by atoms with Crippen LogP contribution in [0.3, 0.4) is 0 Å². The number of aliphatic carboxylic acids is 1. The van der Waals surface area contributed by atoms with E-state index < -0.39 is 22.2 Å². The fraction of sp³-hybridized carbons (Fsp3) is 0.263. The summed E-state index contributed by atoms with van der Waals surface area (Å²) in [6.07, 6.45) is 0. The van der Waals surface area contributed by atoms with Crippen LogP contribution in [0, 0.1) is 0 Å². The van der Waals surface area contributed by atoms with Gasteiger partial charge in [-0.1, -0.05) is 31.2 Å². The van der Waals surface area contributed by atoms with Crippen LogP contribution >= 0.6 is 0 Å². The molecule has 5 nitrogen and oxygen atoms in total. The highest BCUT2D eigenvalue weighted by atomic mass is 32.2. The van der Waals surface area contributed by atoms with Gasteiger partial charge in [-0.25, -0.2) is 0 Å². The van der Waals surface area contributed by atoms with E-state index in [-0.39, 0.29) is 5.91 Å². The van der Waals surface area contributed by atoms with E-state index in [1.807, 2.05) is 0 Å². The molecule has 1 amide bonds. The fourth-order valence-corrected chi connectivity index (χ4v) is 3.25. The molecule has 0 heterocycles. The minimum Gasteiger partial charge on any atom is -0.481 e. The van der Waals surface area contributed by atoms with E-state index in [0.717, 1.165) is 0 Å². The molecule has 0 spiro atoms. The topological polar surface area (TPSA) is 83.5 Å². The largest absolute Gasteiger partial charge is 0.481 e. The molecule has 0 saturated heterocycles. The van der Waals surface area contributed by atoms with Gasteiger partial charge in [0.15, 0.2) is 0 Å². The van der Waals surface area contributed by atoms with Gasteiger partial charge in [0.1, 0.15) is 0 Å². The predicted octanol–water partition coefficient (Wildman–Crippen LogP) is 3.43. The molecule has 0 fully saturated rings. The zero-order valence-corrected chi connectivity index (χ0v) is 15.2. The van der Waals surface area contributed by atoms with Crippen LogP contribution in [0.2, 0.25) is 0 Å². The summed E-state index contributed by atoms with van der Waals surface area (Å²) >= 11 is 0. The summed E-state index contributed by atoms with van der Waals surface area (Å²) in [5.41, 5.74) is 0.558. The van der Waals surface area contributed by atoms with Gasteiger partial charge in [0.05, 0.1) is 26.7 Å². The van der Waals surface area contributed by atoms with Gasteiger partial charge in [-0.3, -0.25) is 13.8 Å². The minimum atomic E-state index is -1.23. The number of nitrogens with one attached hydrogen (secondary N) is 1. The van der Waals surface area contributed by atoms with Crippen LogP contribution in [0.4, 0.5) is 5.69 Å².